The molecule has 0 unspecified atom stereocenters. The lowest BCUT2D eigenvalue weighted by atomic mass is 10.2. The Morgan fingerprint density at radius 2 is 2.00 bits per heavy atom. The average Bonchev–Trinajstić information content (AvgIpc) is 2.47. The number of halogens is 2. The van der Waals surface area contributed by atoms with Crippen LogP contribution >= 0.6 is 0 Å². The van der Waals surface area contributed by atoms with Crippen LogP contribution < -0.4 is 0 Å². The van der Waals surface area contributed by atoms with Crippen LogP contribution in [0, 0.1) is 11.6 Å². The van der Waals surface area contributed by atoms with E-state index in [-0.39, 0.29) is 11.1 Å². The van der Waals surface area contributed by atoms with Crippen LogP contribution in [0.25, 0.3) is 10.9 Å². The van der Waals surface area contributed by atoms with Gasteiger partial charge < -0.3 is 4.98 Å². The van der Waals surface area contributed by atoms with E-state index in [1.54, 1.807) is 0 Å². The van der Waals surface area contributed by atoms with Gasteiger partial charge in [-0.1, -0.05) is 0 Å². The zero-order valence-corrected chi connectivity index (χ0v) is 6.47. The fraction of sp³-hybridized carbons (Fsp3) is 0. The Balaban J connectivity index is 2.82. The molecule has 0 atom stereocenters. The second kappa shape index (κ2) is 2.65. The molecule has 2 aromatic rings. The van der Waals surface area contributed by atoms with E-state index in [1.165, 1.54) is 6.07 Å². The molecule has 0 fully saturated rings. The van der Waals surface area contributed by atoms with Crippen LogP contribution in [-0.4, -0.2) is 11.3 Å². The molecule has 0 spiro atoms. The zero-order valence-electron chi connectivity index (χ0n) is 6.47. The number of nitrogens with one attached hydrogen (secondary N) is 1. The molecule has 0 saturated heterocycles. The SMILES string of the molecule is O=Cc1cc2c(F)cc(F)cc2[nH]1. The molecule has 0 aliphatic rings. The number of benzene rings is 1. The molecule has 13 heavy (non-hydrogen) atoms. The Morgan fingerprint density at radius 3 is 2.69 bits per heavy atom. The average molecular weight is 181 g/mol. The van der Waals surface area contributed by atoms with Crippen molar-refractivity contribution < 1.29 is 13.6 Å². The van der Waals surface area contributed by atoms with E-state index in [9.17, 15) is 13.6 Å². The van der Waals surface area contributed by atoms with E-state index < -0.39 is 11.6 Å². The van der Waals surface area contributed by atoms with Gasteiger partial charge >= 0.3 is 0 Å². The molecule has 4 heteroatoms. The lowest BCUT2D eigenvalue weighted by molar-refractivity contribution is 0.112. The molecule has 0 bridgehead atoms. The van der Waals surface area contributed by atoms with Crippen molar-refractivity contribution in [3.8, 4) is 0 Å². The molecule has 0 amide bonds. The highest BCUT2D eigenvalue weighted by atomic mass is 19.1. The summed E-state index contributed by atoms with van der Waals surface area (Å²) in [6.07, 6.45) is 0.553. The highest BCUT2D eigenvalue weighted by Gasteiger charge is 2.06. The normalized spacial score (nSPS) is 10.6. The first-order valence-electron chi connectivity index (χ1n) is 3.63. The molecular formula is C9H5F2NO. The summed E-state index contributed by atoms with van der Waals surface area (Å²) in [5.41, 5.74) is 0.527. The maximum absolute atomic E-state index is 13.0. The van der Waals surface area contributed by atoms with Crippen molar-refractivity contribution in [3.63, 3.8) is 0 Å². The van der Waals surface area contributed by atoms with Gasteiger partial charge in [-0.05, 0) is 12.1 Å². The number of H-pyrrole nitrogens is 1. The van der Waals surface area contributed by atoms with E-state index >= 15 is 0 Å². The summed E-state index contributed by atoms with van der Waals surface area (Å²) in [6, 6.07) is 3.27. The number of rotatable bonds is 1. The van der Waals surface area contributed by atoms with Crippen LogP contribution in [0.2, 0.25) is 0 Å². The van der Waals surface area contributed by atoms with E-state index in [4.69, 9.17) is 0 Å². The van der Waals surface area contributed by atoms with E-state index in [1.807, 2.05) is 0 Å². The zero-order chi connectivity index (χ0) is 9.42. The van der Waals surface area contributed by atoms with Crippen molar-refractivity contribution in [2.24, 2.45) is 0 Å². The molecule has 0 aliphatic carbocycles. The van der Waals surface area contributed by atoms with Crippen molar-refractivity contribution in [1.29, 1.82) is 0 Å². The van der Waals surface area contributed by atoms with Crippen LogP contribution in [0.15, 0.2) is 18.2 Å². The lowest BCUT2D eigenvalue weighted by Crippen LogP contribution is -1.79. The number of carbonyl (C=O) groups is 1. The van der Waals surface area contributed by atoms with Gasteiger partial charge in [-0.25, -0.2) is 8.78 Å². The van der Waals surface area contributed by atoms with Gasteiger partial charge in [-0.15, -0.1) is 0 Å². The van der Waals surface area contributed by atoms with Crippen molar-refractivity contribution in [3.05, 3.63) is 35.5 Å². The van der Waals surface area contributed by atoms with Crippen LogP contribution in [0.1, 0.15) is 10.5 Å². The summed E-state index contributed by atoms with van der Waals surface area (Å²) in [4.78, 5) is 12.9. The van der Waals surface area contributed by atoms with Gasteiger partial charge in [0, 0.05) is 11.5 Å². The first-order chi connectivity index (χ1) is 6.20. The monoisotopic (exact) mass is 181 g/mol. The Hall–Kier alpha value is -1.71. The molecule has 66 valence electrons. The summed E-state index contributed by atoms with van der Waals surface area (Å²) in [5.74, 6) is -1.33. The van der Waals surface area contributed by atoms with Crippen molar-refractivity contribution in [2.75, 3.05) is 0 Å². The predicted molar refractivity (Wildman–Crippen MR) is 43.6 cm³/mol. The quantitative estimate of drug-likeness (QED) is 0.672. The second-order valence-corrected chi connectivity index (χ2v) is 2.69. The lowest BCUT2D eigenvalue weighted by Gasteiger charge is -1.91. The van der Waals surface area contributed by atoms with E-state index in [2.05, 4.69) is 4.98 Å². The summed E-state index contributed by atoms with van der Waals surface area (Å²) in [5, 5.41) is 0.225. The van der Waals surface area contributed by atoms with Crippen LogP contribution in [0.3, 0.4) is 0 Å². The summed E-state index contributed by atoms with van der Waals surface area (Å²) in [6.45, 7) is 0. The van der Waals surface area contributed by atoms with Crippen molar-refractivity contribution >= 4 is 17.2 Å². The fourth-order valence-electron chi connectivity index (χ4n) is 1.25. The van der Waals surface area contributed by atoms with Gasteiger partial charge in [0.25, 0.3) is 0 Å². The number of carbonyl (C=O) groups excluding carboxylic acids is 1. The summed E-state index contributed by atoms with van der Waals surface area (Å²) >= 11 is 0. The predicted octanol–water partition coefficient (Wildman–Crippen LogP) is 2.26. The second-order valence-electron chi connectivity index (χ2n) is 2.69. The summed E-state index contributed by atoms with van der Waals surface area (Å²) < 4.78 is 25.7. The number of aromatic amines is 1. The highest BCUT2D eigenvalue weighted by Crippen LogP contribution is 2.19. The third kappa shape index (κ3) is 1.20. The Bertz CT molecular complexity index is 476. The molecule has 1 heterocycles. The maximum Gasteiger partial charge on any atom is 0.166 e. The number of aromatic nitrogens is 1. The maximum atomic E-state index is 13.0. The van der Waals surface area contributed by atoms with Gasteiger partial charge in [0.2, 0.25) is 0 Å². The van der Waals surface area contributed by atoms with Gasteiger partial charge in [0.05, 0.1) is 11.2 Å². The van der Waals surface area contributed by atoms with Crippen molar-refractivity contribution in [2.45, 2.75) is 0 Å². The fourth-order valence-corrected chi connectivity index (χ4v) is 1.25. The Morgan fingerprint density at radius 1 is 1.23 bits per heavy atom. The van der Waals surface area contributed by atoms with E-state index in [0.717, 1.165) is 12.1 Å². The number of hydrogen-bond acceptors (Lipinski definition) is 1. The molecule has 1 aromatic heterocycles. The molecule has 1 aromatic carbocycles. The van der Waals surface area contributed by atoms with Crippen LogP contribution in [0.4, 0.5) is 8.78 Å². The number of hydrogen-bond donors (Lipinski definition) is 1. The standard InChI is InChI=1S/C9H5F2NO/c10-5-1-8(11)7-3-6(4-13)12-9(7)2-5/h1-4,12H. The smallest absolute Gasteiger partial charge is 0.166 e. The molecular weight excluding hydrogens is 176 g/mol. The molecule has 0 aliphatic heterocycles. The first-order valence-corrected chi connectivity index (χ1v) is 3.63. The van der Waals surface area contributed by atoms with Crippen molar-refractivity contribution in [1.82, 2.24) is 4.98 Å². The Kier molecular flexibility index (Phi) is 1.62. The number of aldehydes is 1. The van der Waals surface area contributed by atoms with Crippen LogP contribution in [0.5, 0.6) is 0 Å². The molecule has 2 nitrogen and oxygen atoms in total. The van der Waals surface area contributed by atoms with Gasteiger partial charge in [0.15, 0.2) is 6.29 Å². The first kappa shape index (κ1) is 7.91. The summed E-state index contributed by atoms with van der Waals surface area (Å²) in [7, 11) is 0. The molecule has 2 rings (SSSR count). The van der Waals surface area contributed by atoms with E-state index in [0.29, 0.717) is 11.8 Å². The largest absolute Gasteiger partial charge is 0.352 e. The Labute approximate surface area is 72.2 Å². The highest BCUT2D eigenvalue weighted by molar-refractivity contribution is 5.88. The van der Waals surface area contributed by atoms with Gasteiger partial charge in [-0.2, -0.15) is 0 Å². The third-order valence-electron chi connectivity index (χ3n) is 1.80. The van der Waals surface area contributed by atoms with Crippen LogP contribution in [-0.2, 0) is 0 Å². The topological polar surface area (TPSA) is 32.9 Å². The minimum absolute atomic E-state index is 0.225. The molecule has 0 radical (unpaired) electrons. The third-order valence-corrected chi connectivity index (χ3v) is 1.80. The minimum atomic E-state index is -0.667. The minimum Gasteiger partial charge on any atom is -0.352 e. The van der Waals surface area contributed by atoms with Gasteiger partial charge in [-0.3, -0.25) is 4.79 Å². The molecule has 0 saturated carbocycles. The molecule has 1 N–H and O–H groups in total. The number of fused-ring (bicyclic) bond motifs is 1. The van der Waals surface area contributed by atoms with Gasteiger partial charge in [0.1, 0.15) is 11.6 Å².